The minimum atomic E-state index is -3.39. The Morgan fingerprint density at radius 3 is 2.13 bits per heavy atom. The van der Waals surface area contributed by atoms with Crippen LogP contribution in [0.15, 0.2) is 0 Å². The van der Waals surface area contributed by atoms with Crippen LogP contribution in [0, 0.1) is 13.8 Å². The molecule has 0 saturated carbocycles. The van der Waals surface area contributed by atoms with E-state index in [1.165, 1.54) is 0 Å². The fraction of sp³-hybridized carbons (Fsp3) is 0.667. The number of hydrogen-bond donors (Lipinski definition) is 2. The van der Waals surface area contributed by atoms with E-state index < -0.39 is 14.8 Å². The number of aromatic amines is 1. The highest BCUT2D eigenvalue weighted by atomic mass is 32.2. The van der Waals surface area contributed by atoms with E-state index in [1.807, 2.05) is 13.8 Å². The Morgan fingerprint density at radius 2 is 1.80 bits per heavy atom. The fourth-order valence-electron chi connectivity index (χ4n) is 0.865. The standard InChI is InChI=1S/C9H17N3O2S/c1-6-7(2)10-11-8(6)12-15(13,14)9(3,4)5/h1-5H3,(H2,10,11,12). The Morgan fingerprint density at radius 1 is 1.27 bits per heavy atom. The number of rotatable bonds is 2. The van der Waals surface area contributed by atoms with Gasteiger partial charge in [0.05, 0.1) is 4.75 Å². The first-order valence-electron chi connectivity index (χ1n) is 4.69. The van der Waals surface area contributed by atoms with E-state index in [0.717, 1.165) is 11.3 Å². The zero-order chi connectivity index (χ0) is 11.9. The van der Waals surface area contributed by atoms with Crippen LogP contribution in [-0.2, 0) is 10.0 Å². The normalized spacial score (nSPS) is 12.9. The second-order valence-electron chi connectivity index (χ2n) is 4.54. The molecule has 86 valence electrons. The van der Waals surface area contributed by atoms with E-state index in [2.05, 4.69) is 14.9 Å². The molecule has 0 aromatic carbocycles. The van der Waals surface area contributed by atoms with Crippen molar-refractivity contribution >= 4 is 15.8 Å². The van der Waals surface area contributed by atoms with Crippen molar-refractivity contribution in [2.75, 3.05) is 4.72 Å². The van der Waals surface area contributed by atoms with E-state index in [9.17, 15) is 8.42 Å². The van der Waals surface area contributed by atoms with Crippen LogP contribution in [0.4, 0.5) is 5.82 Å². The minimum absolute atomic E-state index is 0.377. The van der Waals surface area contributed by atoms with Crippen LogP contribution in [-0.4, -0.2) is 23.4 Å². The van der Waals surface area contributed by atoms with Gasteiger partial charge in [0.25, 0.3) is 0 Å². The average Bonchev–Trinajstić information content (AvgIpc) is 2.33. The first kappa shape index (κ1) is 12.0. The number of sulfonamides is 1. The smallest absolute Gasteiger partial charge is 0.238 e. The Labute approximate surface area is 90.3 Å². The summed E-state index contributed by atoms with van der Waals surface area (Å²) in [5.41, 5.74) is 1.68. The zero-order valence-corrected chi connectivity index (χ0v) is 10.5. The van der Waals surface area contributed by atoms with Crippen molar-refractivity contribution < 1.29 is 8.42 Å². The van der Waals surface area contributed by atoms with Gasteiger partial charge >= 0.3 is 0 Å². The molecule has 0 aliphatic heterocycles. The van der Waals surface area contributed by atoms with Crippen molar-refractivity contribution in [3.8, 4) is 0 Å². The third kappa shape index (κ3) is 2.31. The summed E-state index contributed by atoms with van der Waals surface area (Å²) in [4.78, 5) is 0. The maximum Gasteiger partial charge on any atom is 0.238 e. The number of nitrogens with zero attached hydrogens (tertiary/aromatic N) is 1. The van der Waals surface area contributed by atoms with Crippen molar-refractivity contribution in [3.05, 3.63) is 11.3 Å². The molecule has 0 saturated heterocycles. The molecule has 1 rings (SSSR count). The van der Waals surface area contributed by atoms with Crippen LogP contribution >= 0.6 is 0 Å². The van der Waals surface area contributed by atoms with Crippen LogP contribution in [0.1, 0.15) is 32.0 Å². The summed E-state index contributed by atoms with van der Waals surface area (Å²) < 4.78 is 25.3. The Bertz CT molecular complexity index is 454. The zero-order valence-electron chi connectivity index (χ0n) is 9.67. The molecule has 0 amide bonds. The summed E-state index contributed by atoms with van der Waals surface area (Å²) >= 11 is 0. The molecule has 1 heterocycles. The van der Waals surface area contributed by atoms with Crippen LogP contribution in [0.25, 0.3) is 0 Å². The minimum Gasteiger partial charge on any atom is -0.280 e. The second kappa shape index (κ2) is 3.52. The van der Waals surface area contributed by atoms with Crippen molar-refractivity contribution in [2.45, 2.75) is 39.4 Å². The predicted octanol–water partition coefficient (Wildman–Crippen LogP) is 1.57. The molecule has 1 aromatic heterocycles. The Balaban J connectivity index is 3.03. The fourth-order valence-corrected chi connectivity index (χ4v) is 1.62. The van der Waals surface area contributed by atoms with Crippen LogP contribution < -0.4 is 4.72 Å². The van der Waals surface area contributed by atoms with Crippen LogP contribution in [0.5, 0.6) is 0 Å². The van der Waals surface area contributed by atoms with E-state index in [-0.39, 0.29) is 0 Å². The molecule has 5 nitrogen and oxygen atoms in total. The van der Waals surface area contributed by atoms with Gasteiger partial charge in [0.15, 0.2) is 5.82 Å². The summed E-state index contributed by atoms with van der Waals surface area (Å²) in [5.74, 6) is 0.377. The molecule has 0 aliphatic carbocycles. The van der Waals surface area contributed by atoms with Crippen molar-refractivity contribution in [1.82, 2.24) is 10.2 Å². The largest absolute Gasteiger partial charge is 0.280 e. The summed E-state index contributed by atoms with van der Waals surface area (Å²) in [6.45, 7) is 8.59. The third-order valence-electron chi connectivity index (χ3n) is 2.29. The van der Waals surface area contributed by atoms with E-state index in [4.69, 9.17) is 0 Å². The number of aromatic nitrogens is 2. The molecule has 0 radical (unpaired) electrons. The molecule has 0 atom stereocenters. The van der Waals surface area contributed by atoms with Gasteiger partial charge in [0, 0.05) is 11.3 Å². The van der Waals surface area contributed by atoms with Gasteiger partial charge in [-0.05, 0) is 34.6 Å². The number of anilines is 1. The van der Waals surface area contributed by atoms with Crippen molar-refractivity contribution in [2.24, 2.45) is 0 Å². The van der Waals surface area contributed by atoms with E-state index in [1.54, 1.807) is 20.8 Å². The van der Waals surface area contributed by atoms with Gasteiger partial charge in [0.1, 0.15) is 0 Å². The predicted molar refractivity (Wildman–Crippen MR) is 60.4 cm³/mol. The van der Waals surface area contributed by atoms with E-state index in [0.29, 0.717) is 5.82 Å². The molecule has 6 heteroatoms. The van der Waals surface area contributed by atoms with Gasteiger partial charge in [-0.3, -0.25) is 9.82 Å². The van der Waals surface area contributed by atoms with Gasteiger partial charge in [-0.2, -0.15) is 5.10 Å². The summed E-state index contributed by atoms with van der Waals surface area (Å²) in [5, 5.41) is 6.63. The lowest BCUT2D eigenvalue weighted by Gasteiger charge is -2.19. The van der Waals surface area contributed by atoms with E-state index >= 15 is 0 Å². The topological polar surface area (TPSA) is 74.8 Å². The molecule has 0 spiro atoms. The highest BCUT2D eigenvalue weighted by Gasteiger charge is 2.30. The first-order valence-corrected chi connectivity index (χ1v) is 6.17. The first-order chi connectivity index (χ1) is 6.65. The maximum atomic E-state index is 11.8. The Hall–Kier alpha value is -1.04. The highest BCUT2D eigenvalue weighted by molar-refractivity contribution is 7.94. The Kier molecular flexibility index (Phi) is 2.82. The third-order valence-corrected chi connectivity index (χ3v) is 4.36. The number of aryl methyl sites for hydroxylation is 1. The molecule has 0 unspecified atom stereocenters. The molecule has 0 fully saturated rings. The highest BCUT2D eigenvalue weighted by Crippen LogP contribution is 2.21. The van der Waals surface area contributed by atoms with Gasteiger partial charge in [-0.25, -0.2) is 8.42 Å². The maximum absolute atomic E-state index is 11.8. The summed E-state index contributed by atoms with van der Waals surface area (Å²) in [7, 11) is -3.39. The lowest BCUT2D eigenvalue weighted by molar-refractivity contribution is 0.565. The summed E-state index contributed by atoms with van der Waals surface area (Å²) in [6, 6.07) is 0. The molecule has 0 bridgehead atoms. The number of H-pyrrole nitrogens is 1. The van der Waals surface area contributed by atoms with Gasteiger partial charge < -0.3 is 0 Å². The number of hydrogen-bond acceptors (Lipinski definition) is 3. The lowest BCUT2D eigenvalue weighted by atomic mass is 10.3. The SMILES string of the molecule is Cc1[nH]nc(NS(=O)(=O)C(C)(C)C)c1C. The van der Waals surface area contributed by atoms with Crippen molar-refractivity contribution in [3.63, 3.8) is 0 Å². The number of nitrogens with one attached hydrogen (secondary N) is 2. The molecule has 15 heavy (non-hydrogen) atoms. The van der Waals surface area contributed by atoms with Crippen LogP contribution in [0.3, 0.4) is 0 Å². The monoisotopic (exact) mass is 231 g/mol. The summed E-state index contributed by atoms with van der Waals surface area (Å²) in [6.07, 6.45) is 0. The molecule has 2 N–H and O–H groups in total. The van der Waals surface area contributed by atoms with Gasteiger partial charge in [0.2, 0.25) is 10.0 Å². The molecule has 0 aliphatic rings. The lowest BCUT2D eigenvalue weighted by Crippen LogP contribution is -2.34. The average molecular weight is 231 g/mol. The molecular formula is C9H17N3O2S. The quantitative estimate of drug-likeness (QED) is 0.811. The van der Waals surface area contributed by atoms with Gasteiger partial charge in [-0.15, -0.1) is 0 Å². The second-order valence-corrected chi connectivity index (χ2v) is 6.98. The van der Waals surface area contributed by atoms with Crippen molar-refractivity contribution in [1.29, 1.82) is 0 Å². The van der Waals surface area contributed by atoms with Crippen LogP contribution in [0.2, 0.25) is 0 Å². The van der Waals surface area contributed by atoms with Gasteiger partial charge in [-0.1, -0.05) is 0 Å². The molecule has 1 aromatic rings. The molecular weight excluding hydrogens is 214 g/mol.